The van der Waals surface area contributed by atoms with Crippen molar-refractivity contribution in [1.29, 1.82) is 0 Å². The largest absolute Gasteiger partial charge is 0.508 e. The van der Waals surface area contributed by atoms with Gasteiger partial charge in [0, 0.05) is 23.0 Å². The molecule has 2 amide bonds. The predicted molar refractivity (Wildman–Crippen MR) is 146 cm³/mol. The molecular formula is C28H26BrN3O6S. The Morgan fingerprint density at radius 3 is 2.44 bits per heavy atom. The molecule has 2 N–H and O–H groups in total. The topological polar surface area (TPSA) is 124 Å². The number of nitrogens with zero attached hydrogens (tertiary/aromatic N) is 2. The first-order valence-electron chi connectivity index (χ1n) is 12.4. The normalized spacial score (nSPS) is 20.0. The lowest BCUT2D eigenvalue weighted by atomic mass is 10.0. The molecule has 2 fully saturated rings. The van der Waals surface area contributed by atoms with Crippen LogP contribution in [0.5, 0.6) is 5.75 Å². The van der Waals surface area contributed by atoms with E-state index >= 15 is 0 Å². The molecular weight excluding hydrogens is 586 g/mol. The summed E-state index contributed by atoms with van der Waals surface area (Å²) in [5.74, 6) is -1.22. The second kappa shape index (κ2) is 10.9. The highest BCUT2D eigenvalue weighted by molar-refractivity contribution is 9.10. The first-order valence-corrected chi connectivity index (χ1v) is 14.6. The summed E-state index contributed by atoms with van der Waals surface area (Å²) in [7, 11) is -3.93. The summed E-state index contributed by atoms with van der Waals surface area (Å²) in [5, 5.41) is 12.5. The summed E-state index contributed by atoms with van der Waals surface area (Å²) >= 11 is 3.35. The van der Waals surface area contributed by atoms with E-state index in [-0.39, 0.29) is 35.9 Å². The minimum Gasteiger partial charge on any atom is -0.508 e. The Labute approximate surface area is 234 Å². The zero-order valence-electron chi connectivity index (χ0n) is 20.7. The Kier molecular flexibility index (Phi) is 7.57. The van der Waals surface area contributed by atoms with Gasteiger partial charge in [0.1, 0.15) is 17.8 Å². The van der Waals surface area contributed by atoms with Crippen LogP contribution < -0.4 is 5.32 Å². The highest BCUT2D eigenvalue weighted by Crippen LogP contribution is 2.34. The van der Waals surface area contributed by atoms with Gasteiger partial charge >= 0.3 is 0 Å². The number of Topliss-reactive ketones (excluding diaryl/α,β-unsaturated/α-hetero) is 1. The molecule has 0 aliphatic carbocycles. The van der Waals surface area contributed by atoms with Crippen LogP contribution in [-0.4, -0.2) is 71.5 Å². The Hall–Kier alpha value is -3.54. The van der Waals surface area contributed by atoms with Gasteiger partial charge in [0.25, 0.3) is 5.91 Å². The second-order valence-electron chi connectivity index (χ2n) is 9.57. The third-order valence-corrected chi connectivity index (χ3v) is 9.46. The van der Waals surface area contributed by atoms with Crippen LogP contribution in [0.25, 0.3) is 0 Å². The third kappa shape index (κ3) is 5.47. The molecule has 2 aliphatic heterocycles. The number of aromatic hydroxyl groups is 1. The maximum Gasteiger partial charge on any atom is 0.251 e. The summed E-state index contributed by atoms with van der Waals surface area (Å²) < 4.78 is 28.5. The number of phenolic OH excluding ortho intramolecular Hbond substituents is 1. The molecule has 3 atom stereocenters. The molecule has 0 spiro atoms. The summed E-state index contributed by atoms with van der Waals surface area (Å²) in [4.78, 5) is 41.6. The number of sulfonamides is 1. The fraction of sp³-hybridized carbons (Fsp3) is 0.250. The zero-order chi connectivity index (χ0) is 27.7. The lowest BCUT2D eigenvalue weighted by Crippen LogP contribution is -2.53. The quantitative estimate of drug-likeness (QED) is 0.423. The first kappa shape index (κ1) is 27.0. The number of carbonyl (C=O) groups excluding carboxylic acids is 3. The number of hydrogen-bond acceptors (Lipinski definition) is 6. The number of ketones is 1. The van der Waals surface area contributed by atoms with Crippen molar-refractivity contribution in [2.24, 2.45) is 0 Å². The number of fused-ring (bicyclic) bond motifs is 1. The van der Waals surface area contributed by atoms with E-state index in [2.05, 4.69) is 21.2 Å². The van der Waals surface area contributed by atoms with Gasteiger partial charge in [-0.2, -0.15) is 4.31 Å². The second-order valence-corrected chi connectivity index (χ2v) is 12.4. The number of nitrogens with one attached hydrogen (secondary N) is 1. The Morgan fingerprint density at radius 1 is 1.03 bits per heavy atom. The van der Waals surface area contributed by atoms with Gasteiger partial charge in [-0.3, -0.25) is 14.4 Å². The highest BCUT2D eigenvalue weighted by atomic mass is 79.9. The van der Waals surface area contributed by atoms with E-state index in [4.69, 9.17) is 0 Å². The monoisotopic (exact) mass is 611 g/mol. The van der Waals surface area contributed by atoms with Crippen LogP contribution >= 0.6 is 15.9 Å². The van der Waals surface area contributed by atoms with Gasteiger partial charge in [-0.1, -0.05) is 52.3 Å². The van der Waals surface area contributed by atoms with Crippen LogP contribution in [0.1, 0.15) is 22.3 Å². The molecule has 11 heteroatoms. The standard InChI is InChI=1S/C28H26BrN3O6S/c29-20-6-4-5-19(16-20)27(35)30-23(15-18-9-11-21(33)12-10-18)28(36)31-14-13-24-26(31)25(34)17-32(24)39(37,38)22-7-2-1-3-8-22/h1-12,16,23-24,26,33H,13-15,17H2,(H,30,35). The molecule has 2 aliphatic rings. The van der Waals surface area contributed by atoms with Crippen molar-refractivity contribution < 1.29 is 27.9 Å². The number of benzene rings is 3. The molecule has 9 nitrogen and oxygen atoms in total. The van der Waals surface area contributed by atoms with Crippen LogP contribution in [0.4, 0.5) is 0 Å². The fourth-order valence-corrected chi connectivity index (χ4v) is 7.25. The van der Waals surface area contributed by atoms with Crippen LogP contribution in [0.2, 0.25) is 0 Å². The third-order valence-electron chi connectivity index (χ3n) is 7.08. The van der Waals surface area contributed by atoms with Crippen molar-refractivity contribution in [2.45, 2.75) is 35.9 Å². The summed E-state index contributed by atoms with van der Waals surface area (Å²) in [5.41, 5.74) is 1.05. The number of phenols is 1. The van der Waals surface area contributed by atoms with Crippen LogP contribution in [-0.2, 0) is 26.0 Å². The summed E-state index contributed by atoms with van der Waals surface area (Å²) in [6.07, 6.45) is 0.423. The molecule has 5 rings (SSSR count). The number of rotatable bonds is 7. The van der Waals surface area contributed by atoms with E-state index in [1.807, 2.05) is 0 Å². The van der Waals surface area contributed by atoms with Crippen LogP contribution in [0.15, 0.2) is 88.2 Å². The first-order chi connectivity index (χ1) is 18.6. The van der Waals surface area contributed by atoms with Crippen molar-refractivity contribution >= 4 is 43.6 Å². The molecule has 0 bridgehead atoms. The van der Waals surface area contributed by atoms with E-state index in [1.54, 1.807) is 54.6 Å². The van der Waals surface area contributed by atoms with Crippen molar-refractivity contribution in [3.05, 3.63) is 94.5 Å². The molecule has 3 unspecified atom stereocenters. The molecule has 202 valence electrons. The zero-order valence-corrected chi connectivity index (χ0v) is 23.1. The molecule has 0 saturated carbocycles. The van der Waals surface area contributed by atoms with Gasteiger partial charge < -0.3 is 15.3 Å². The van der Waals surface area contributed by atoms with Gasteiger partial charge in [0.15, 0.2) is 5.78 Å². The maximum absolute atomic E-state index is 13.9. The predicted octanol–water partition coefficient (Wildman–Crippen LogP) is 2.74. The highest BCUT2D eigenvalue weighted by Gasteiger charge is 2.54. The van der Waals surface area contributed by atoms with Crippen molar-refractivity contribution in [3.8, 4) is 5.75 Å². The van der Waals surface area contributed by atoms with E-state index < -0.39 is 40.0 Å². The Balaban J connectivity index is 1.41. The number of amides is 2. The molecule has 2 saturated heterocycles. The number of carbonyl (C=O) groups is 3. The van der Waals surface area contributed by atoms with Gasteiger partial charge in [-0.05, 0) is 54.4 Å². The summed E-state index contributed by atoms with van der Waals surface area (Å²) in [6.45, 7) is -0.136. The van der Waals surface area contributed by atoms with Gasteiger partial charge in [-0.25, -0.2) is 8.42 Å². The maximum atomic E-state index is 13.9. The Bertz CT molecular complexity index is 1510. The average molecular weight is 613 g/mol. The van der Waals surface area contributed by atoms with Crippen molar-refractivity contribution in [1.82, 2.24) is 14.5 Å². The minimum atomic E-state index is -3.93. The minimum absolute atomic E-state index is 0.0680. The van der Waals surface area contributed by atoms with Crippen LogP contribution in [0.3, 0.4) is 0 Å². The molecule has 2 heterocycles. The number of hydrogen-bond donors (Lipinski definition) is 2. The molecule has 0 radical (unpaired) electrons. The molecule has 0 aromatic heterocycles. The smallest absolute Gasteiger partial charge is 0.251 e. The van der Waals surface area contributed by atoms with E-state index in [9.17, 15) is 27.9 Å². The van der Waals surface area contributed by atoms with Gasteiger partial charge in [0.2, 0.25) is 15.9 Å². The summed E-state index contributed by atoms with van der Waals surface area (Å²) in [6, 6.07) is 18.3. The van der Waals surface area contributed by atoms with E-state index in [1.165, 1.54) is 33.5 Å². The van der Waals surface area contributed by atoms with Crippen LogP contribution in [0, 0.1) is 0 Å². The molecule has 3 aromatic rings. The van der Waals surface area contributed by atoms with Crippen molar-refractivity contribution in [2.75, 3.05) is 13.1 Å². The lowest BCUT2D eigenvalue weighted by Gasteiger charge is -2.28. The lowest BCUT2D eigenvalue weighted by molar-refractivity contribution is -0.138. The van der Waals surface area contributed by atoms with E-state index in [0.29, 0.717) is 22.0 Å². The van der Waals surface area contributed by atoms with E-state index in [0.717, 1.165) is 0 Å². The SMILES string of the molecule is O=C(NC(Cc1ccc(O)cc1)C(=O)N1CCC2C1C(=O)CN2S(=O)(=O)c1ccccc1)c1cccc(Br)c1. The number of likely N-dealkylation sites (tertiary alicyclic amines) is 1. The average Bonchev–Trinajstić information content (AvgIpc) is 3.51. The fourth-order valence-electron chi connectivity index (χ4n) is 5.21. The van der Waals surface area contributed by atoms with Gasteiger partial charge in [-0.15, -0.1) is 0 Å². The molecule has 39 heavy (non-hydrogen) atoms. The molecule has 3 aromatic carbocycles. The number of halogens is 1. The van der Waals surface area contributed by atoms with Crippen molar-refractivity contribution in [3.63, 3.8) is 0 Å². The van der Waals surface area contributed by atoms with Gasteiger partial charge in [0.05, 0.1) is 17.5 Å². The Morgan fingerprint density at radius 2 is 1.74 bits per heavy atom.